The summed E-state index contributed by atoms with van der Waals surface area (Å²) in [6.45, 7) is 0.787. The first-order chi connectivity index (χ1) is 8.78. The topological polar surface area (TPSA) is 64.1 Å². The number of thiazole rings is 2. The number of ether oxygens (including phenoxy) is 1. The first-order valence-corrected chi connectivity index (χ1v) is 7.22. The number of nitrogens with one attached hydrogen (secondary N) is 1. The van der Waals surface area contributed by atoms with Crippen LogP contribution in [0.4, 0.5) is 5.13 Å². The molecule has 2 heterocycles. The predicted molar refractivity (Wildman–Crippen MR) is 72.1 cm³/mol. The van der Waals surface area contributed by atoms with Crippen molar-refractivity contribution in [3.05, 3.63) is 27.7 Å². The molecule has 0 aliphatic heterocycles. The molecular formula is C11H13N3O2S2. The van der Waals surface area contributed by atoms with Crippen molar-refractivity contribution >= 4 is 33.8 Å². The number of aromatic nitrogens is 2. The second kappa shape index (κ2) is 6.46. The third-order valence-corrected chi connectivity index (χ3v) is 3.73. The van der Waals surface area contributed by atoms with Crippen LogP contribution in [0.1, 0.15) is 11.4 Å². The summed E-state index contributed by atoms with van der Waals surface area (Å²) in [7, 11) is 1.38. The number of nitrogens with zero attached hydrogens (tertiary/aromatic N) is 2. The minimum atomic E-state index is -0.269. The maximum atomic E-state index is 11.1. The van der Waals surface area contributed by atoms with Gasteiger partial charge in [-0.3, -0.25) is 4.79 Å². The van der Waals surface area contributed by atoms with Gasteiger partial charge in [0.25, 0.3) is 0 Å². The zero-order chi connectivity index (χ0) is 12.8. The molecule has 0 saturated heterocycles. The zero-order valence-corrected chi connectivity index (χ0v) is 11.5. The molecule has 1 N–H and O–H groups in total. The van der Waals surface area contributed by atoms with Crippen molar-refractivity contribution in [3.8, 4) is 0 Å². The second-order valence-corrected chi connectivity index (χ2v) is 5.13. The number of carbonyl (C=O) groups excluding carboxylic acids is 1. The van der Waals surface area contributed by atoms with E-state index in [1.54, 1.807) is 11.3 Å². The van der Waals surface area contributed by atoms with Crippen LogP contribution in [0.25, 0.3) is 0 Å². The van der Waals surface area contributed by atoms with E-state index in [9.17, 15) is 4.79 Å². The molecule has 2 aromatic heterocycles. The molecular weight excluding hydrogens is 270 g/mol. The van der Waals surface area contributed by atoms with E-state index in [1.807, 2.05) is 16.3 Å². The molecule has 0 saturated carbocycles. The van der Waals surface area contributed by atoms with E-state index >= 15 is 0 Å². The van der Waals surface area contributed by atoms with Gasteiger partial charge in [0.05, 0.1) is 30.4 Å². The molecule has 0 unspecified atom stereocenters. The molecule has 0 aromatic carbocycles. The summed E-state index contributed by atoms with van der Waals surface area (Å²) in [4.78, 5) is 19.6. The Labute approximate surface area is 113 Å². The summed E-state index contributed by atoms with van der Waals surface area (Å²) < 4.78 is 4.59. The van der Waals surface area contributed by atoms with Gasteiger partial charge in [0, 0.05) is 23.7 Å². The zero-order valence-electron chi connectivity index (χ0n) is 9.88. The van der Waals surface area contributed by atoms with Crippen LogP contribution in [0.2, 0.25) is 0 Å². The van der Waals surface area contributed by atoms with E-state index in [2.05, 4.69) is 20.0 Å². The molecule has 18 heavy (non-hydrogen) atoms. The highest BCUT2D eigenvalue weighted by molar-refractivity contribution is 7.13. The molecule has 2 rings (SSSR count). The Morgan fingerprint density at radius 1 is 1.44 bits per heavy atom. The van der Waals surface area contributed by atoms with Crippen LogP contribution in [0.15, 0.2) is 16.3 Å². The maximum absolute atomic E-state index is 11.1. The Balaban J connectivity index is 1.78. The molecule has 0 spiro atoms. The highest BCUT2D eigenvalue weighted by Gasteiger charge is 2.07. The molecule has 0 aliphatic carbocycles. The Bertz CT molecular complexity index is 496. The summed E-state index contributed by atoms with van der Waals surface area (Å²) in [5, 5.41) is 7.93. The minimum Gasteiger partial charge on any atom is -0.469 e. The molecule has 0 aliphatic rings. The van der Waals surface area contributed by atoms with Crippen molar-refractivity contribution in [2.75, 3.05) is 19.0 Å². The Hall–Kier alpha value is -1.47. The third-order valence-electron chi connectivity index (χ3n) is 2.25. The van der Waals surface area contributed by atoms with Crippen molar-refractivity contribution in [2.24, 2.45) is 0 Å². The van der Waals surface area contributed by atoms with Crippen LogP contribution in [0.3, 0.4) is 0 Å². The van der Waals surface area contributed by atoms with Crippen LogP contribution in [-0.2, 0) is 22.4 Å². The van der Waals surface area contributed by atoms with Crippen molar-refractivity contribution in [1.29, 1.82) is 0 Å². The fourth-order valence-electron chi connectivity index (χ4n) is 1.35. The molecule has 5 nitrogen and oxygen atoms in total. The van der Waals surface area contributed by atoms with Crippen molar-refractivity contribution in [2.45, 2.75) is 12.8 Å². The lowest BCUT2D eigenvalue weighted by Gasteiger charge is -1.99. The highest BCUT2D eigenvalue weighted by atomic mass is 32.1. The molecule has 0 bridgehead atoms. The summed E-state index contributed by atoms with van der Waals surface area (Å²) in [5.41, 5.74) is 3.65. The van der Waals surface area contributed by atoms with Gasteiger partial charge in [0.1, 0.15) is 0 Å². The lowest BCUT2D eigenvalue weighted by Crippen LogP contribution is -2.06. The van der Waals surface area contributed by atoms with E-state index in [-0.39, 0.29) is 12.4 Å². The molecule has 2 aromatic rings. The van der Waals surface area contributed by atoms with Gasteiger partial charge in [-0.05, 0) is 0 Å². The molecule has 0 amide bonds. The van der Waals surface area contributed by atoms with Crippen LogP contribution < -0.4 is 5.32 Å². The number of rotatable bonds is 6. The normalized spacial score (nSPS) is 10.3. The van der Waals surface area contributed by atoms with Gasteiger partial charge in [-0.25, -0.2) is 9.97 Å². The Kier molecular flexibility index (Phi) is 4.66. The summed E-state index contributed by atoms with van der Waals surface area (Å²) in [5.74, 6) is -0.269. The smallest absolute Gasteiger partial charge is 0.311 e. The fourth-order valence-corrected chi connectivity index (χ4v) is 2.68. The maximum Gasteiger partial charge on any atom is 0.311 e. The summed E-state index contributed by atoms with van der Waals surface area (Å²) >= 11 is 3.09. The van der Waals surface area contributed by atoms with E-state index in [4.69, 9.17) is 0 Å². The van der Waals surface area contributed by atoms with E-state index in [0.717, 1.165) is 29.5 Å². The largest absolute Gasteiger partial charge is 0.469 e. The van der Waals surface area contributed by atoms with Gasteiger partial charge in [-0.2, -0.15) is 0 Å². The van der Waals surface area contributed by atoms with Crippen LogP contribution >= 0.6 is 22.7 Å². The van der Waals surface area contributed by atoms with Gasteiger partial charge >= 0.3 is 5.97 Å². The van der Waals surface area contributed by atoms with Gasteiger partial charge in [0.15, 0.2) is 5.13 Å². The lowest BCUT2D eigenvalue weighted by atomic mass is 10.3. The first kappa shape index (κ1) is 13.0. The van der Waals surface area contributed by atoms with Crippen molar-refractivity contribution < 1.29 is 9.53 Å². The summed E-state index contributed by atoms with van der Waals surface area (Å²) in [6.07, 6.45) is 1.09. The Morgan fingerprint density at radius 2 is 2.33 bits per heavy atom. The lowest BCUT2D eigenvalue weighted by molar-refractivity contribution is -0.139. The molecule has 0 radical (unpaired) electrons. The van der Waals surface area contributed by atoms with Gasteiger partial charge in [-0.15, -0.1) is 22.7 Å². The standard InChI is InChI=1S/C11H13N3O2S2/c1-16-10(15)4-9-6-18-11(14-9)12-3-2-8-5-17-7-13-8/h5-7H,2-4H2,1H3,(H,12,14). The molecule has 0 atom stereocenters. The van der Waals surface area contributed by atoms with Gasteiger partial charge < -0.3 is 10.1 Å². The van der Waals surface area contributed by atoms with E-state index in [1.165, 1.54) is 18.4 Å². The van der Waals surface area contributed by atoms with Gasteiger partial charge in [-0.1, -0.05) is 0 Å². The molecule has 96 valence electrons. The molecule has 0 fully saturated rings. The van der Waals surface area contributed by atoms with Crippen molar-refractivity contribution in [3.63, 3.8) is 0 Å². The number of hydrogen-bond donors (Lipinski definition) is 1. The van der Waals surface area contributed by atoms with Crippen LogP contribution in [0, 0.1) is 0 Å². The van der Waals surface area contributed by atoms with E-state index < -0.39 is 0 Å². The predicted octanol–water partition coefficient (Wildman–Crippen LogP) is 1.97. The fraction of sp³-hybridized carbons (Fsp3) is 0.364. The van der Waals surface area contributed by atoms with Crippen molar-refractivity contribution in [1.82, 2.24) is 9.97 Å². The highest BCUT2D eigenvalue weighted by Crippen LogP contribution is 2.16. The first-order valence-electron chi connectivity index (χ1n) is 5.40. The molecule has 7 heteroatoms. The number of carbonyl (C=O) groups is 1. The quantitative estimate of drug-likeness (QED) is 0.821. The van der Waals surface area contributed by atoms with E-state index in [0.29, 0.717) is 0 Å². The minimum absolute atomic E-state index is 0.223. The number of hydrogen-bond acceptors (Lipinski definition) is 7. The number of esters is 1. The summed E-state index contributed by atoms with van der Waals surface area (Å²) in [6, 6.07) is 0. The average Bonchev–Trinajstić information content (AvgIpc) is 3.01. The number of methoxy groups -OCH3 is 1. The SMILES string of the molecule is COC(=O)Cc1csc(NCCc2cscn2)n1. The average molecular weight is 283 g/mol. The second-order valence-electron chi connectivity index (χ2n) is 3.55. The van der Waals surface area contributed by atoms with Gasteiger partial charge in [0.2, 0.25) is 0 Å². The Morgan fingerprint density at radius 3 is 3.06 bits per heavy atom. The third kappa shape index (κ3) is 3.78. The number of anilines is 1. The van der Waals surface area contributed by atoms with Crippen LogP contribution in [0.5, 0.6) is 0 Å². The monoisotopic (exact) mass is 283 g/mol. The van der Waals surface area contributed by atoms with Crippen LogP contribution in [-0.4, -0.2) is 29.6 Å².